The zero-order chi connectivity index (χ0) is 21.3. The first kappa shape index (κ1) is 20.9. The monoisotopic (exact) mass is 407 g/mol. The minimum Gasteiger partial charge on any atom is -0.486 e. The van der Waals surface area contributed by atoms with Gasteiger partial charge in [-0.3, -0.25) is 9.59 Å². The van der Waals surface area contributed by atoms with Crippen LogP contribution >= 0.6 is 0 Å². The van der Waals surface area contributed by atoms with Gasteiger partial charge in [-0.1, -0.05) is 42.5 Å². The first-order valence-electron chi connectivity index (χ1n) is 9.31. The standard InChI is InChI=1S/C23H21NO6/c1-16(25)24-13-17-7-9-18(10-8-17)21(26)15-29-23(27)22-12-11-20(30-22)14-28-19-5-3-2-4-6-19/h2-12H,13-15H2,1H3,(H,24,25). The Hall–Kier alpha value is -3.87. The van der Waals surface area contributed by atoms with Gasteiger partial charge in [0.25, 0.3) is 0 Å². The van der Waals surface area contributed by atoms with Crippen molar-refractivity contribution in [1.29, 1.82) is 0 Å². The molecule has 1 aromatic heterocycles. The summed E-state index contributed by atoms with van der Waals surface area (Å²) in [6, 6.07) is 19.0. The van der Waals surface area contributed by atoms with Crippen LogP contribution in [-0.2, 0) is 22.7 Å². The number of nitrogens with one attached hydrogen (secondary N) is 1. The quantitative estimate of drug-likeness (QED) is 0.431. The van der Waals surface area contributed by atoms with E-state index < -0.39 is 12.6 Å². The van der Waals surface area contributed by atoms with Gasteiger partial charge >= 0.3 is 5.97 Å². The summed E-state index contributed by atoms with van der Waals surface area (Å²) in [6.07, 6.45) is 0. The number of benzene rings is 2. The predicted molar refractivity (Wildman–Crippen MR) is 108 cm³/mol. The van der Waals surface area contributed by atoms with Crippen LogP contribution in [0.2, 0.25) is 0 Å². The maximum atomic E-state index is 12.2. The second-order valence-electron chi connectivity index (χ2n) is 6.47. The minimum absolute atomic E-state index is 0.000108. The van der Waals surface area contributed by atoms with E-state index in [1.165, 1.54) is 13.0 Å². The second kappa shape index (κ2) is 10.1. The van der Waals surface area contributed by atoms with Crippen molar-refractivity contribution in [3.63, 3.8) is 0 Å². The molecule has 0 aliphatic rings. The van der Waals surface area contributed by atoms with Crippen molar-refractivity contribution in [2.45, 2.75) is 20.1 Å². The molecule has 0 bridgehead atoms. The third kappa shape index (κ3) is 6.07. The summed E-state index contributed by atoms with van der Waals surface area (Å²) in [4.78, 5) is 35.3. The van der Waals surface area contributed by atoms with Crippen molar-refractivity contribution in [1.82, 2.24) is 5.32 Å². The molecule has 3 rings (SSSR count). The molecule has 1 heterocycles. The molecule has 7 heteroatoms. The molecule has 0 fully saturated rings. The van der Waals surface area contributed by atoms with Gasteiger partial charge in [-0.05, 0) is 29.8 Å². The number of carbonyl (C=O) groups excluding carboxylic acids is 3. The van der Waals surface area contributed by atoms with E-state index >= 15 is 0 Å². The Morgan fingerprint density at radius 2 is 1.67 bits per heavy atom. The molecule has 0 aliphatic carbocycles. The molecule has 2 aromatic carbocycles. The van der Waals surface area contributed by atoms with Crippen molar-refractivity contribution in [3.05, 3.63) is 89.4 Å². The van der Waals surface area contributed by atoms with Crippen molar-refractivity contribution in [3.8, 4) is 5.75 Å². The normalized spacial score (nSPS) is 10.3. The van der Waals surface area contributed by atoms with Gasteiger partial charge in [0.05, 0.1) is 0 Å². The highest BCUT2D eigenvalue weighted by atomic mass is 16.5. The molecule has 7 nitrogen and oxygen atoms in total. The molecule has 0 saturated carbocycles. The number of hydrogen-bond acceptors (Lipinski definition) is 6. The van der Waals surface area contributed by atoms with Crippen molar-refractivity contribution < 1.29 is 28.3 Å². The molecule has 0 unspecified atom stereocenters. The molecule has 1 amide bonds. The number of para-hydroxylation sites is 1. The lowest BCUT2D eigenvalue weighted by Crippen LogP contribution is -2.19. The molecular weight excluding hydrogens is 386 g/mol. The summed E-state index contributed by atoms with van der Waals surface area (Å²) >= 11 is 0. The molecule has 0 spiro atoms. The number of rotatable bonds is 9. The highest BCUT2D eigenvalue weighted by molar-refractivity contribution is 5.98. The highest BCUT2D eigenvalue weighted by Crippen LogP contribution is 2.15. The summed E-state index contributed by atoms with van der Waals surface area (Å²) in [6.45, 7) is 1.58. The van der Waals surface area contributed by atoms with Crippen molar-refractivity contribution >= 4 is 17.7 Å². The van der Waals surface area contributed by atoms with Crippen LogP contribution in [-0.4, -0.2) is 24.3 Å². The maximum absolute atomic E-state index is 12.2. The summed E-state index contributed by atoms with van der Waals surface area (Å²) in [5, 5.41) is 2.68. The van der Waals surface area contributed by atoms with Crippen molar-refractivity contribution in [2.75, 3.05) is 6.61 Å². The van der Waals surface area contributed by atoms with Crippen LogP contribution in [0.25, 0.3) is 0 Å². The SMILES string of the molecule is CC(=O)NCc1ccc(C(=O)COC(=O)c2ccc(COc3ccccc3)o2)cc1. The number of ketones is 1. The third-order valence-corrected chi connectivity index (χ3v) is 4.14. The van der Waals surface area contributed by atoms with Gasteiger partial charge < -0.3 is 19.2 Å². The highest BCUT2D eigenvalue weighted by Gasteiger charge is 2.16. The van der Waals surface area contributed by atoms with E-state index in [2.05, 4.69) is 5.32 Å². The van der Waals surface area contributed by atoms with E-state index in [1.807, 2.05) is 30.3 Å². The van der Waals surface area contributed by atoms with E-state index in [1.54, 1.807) is 30.3 Å². The summed E-state index contributed by atoms with van der Waals surface area (Å²) in [5.74, 6) is -0.0429. The van der Waals surface area contributed by atoms with E-state index in [4.69, 9.17) is 13.9 Å². The predicted octanol–water partition coefficient (Wildman–Crippen LogP) is 3.53. The van der Waals surface area contributed by atoms with Crippen molar-refractivity contribution in [2.24, 2.45) is 0 Å². The first-order valence-corrected chi connectivity index (χ1v) is 9.31. The molecular formula is C23H21NO6. The minimum atomic E-state index is -0.725. The molecule has 30 heavy (non-hydrogen) atoms. The smallest absolute Gasteiger partial charge is 0.374 e. The number of carbonyl (C=O) groups is 3. The third-order valence-electron chi connectivity index (χ3n) is 4.14. The van der Waals surface area contributed by atoms with Gasteiger partial charge in [-0.2, -0.15) is 0 Å². The average molecular weight is 407 g/mol. The van der Waals surface area contributed by atoms with Crippen LogP contribution in [0.1, 0.15) is 39.2 Å². The Labute approximate surface area is 173 Å². The summed E-state index contributed by atoms with van der Waals surface area (Å²) in [5.41, 5.74) is 1.27. The zero-order valence-electron chi connectivity index (χ0n) is 16.4. The van der Waals surface area contributed by atoms with Crippen LogP contribution in [0.4, 0.5) is 0 Å². The topological polar surface area (TPSA) is 94.8 Å². The number of furan rings is 1. The fourth-order valence-corrected chi connectivity index (χ4v) is 2.56. The number of hydrogen-bond donors (Lipinski definition) is 1. The van der Waals surface area contributed by atoms with Gasteiger partial charge in [0, 0.05) is 19.0 Å². The Morgan fingerprint density at radius 3 is 2.37 bits per heavy atom. The Balaban J connectivity index is 1.47. The summed E-state index contributed by atoms with van der Waals surface area (Å²) < 4.78 is 16.0. The van der Waals surface area contributed by atoms with Crippen LogP contribution in [0.3, 0.4) is 0 Å². The lowest BCUT2D eigenvalue weighted by Gasteiger charge is -2.05. The Bertz CT molecular complexity index is 1010. The Kier molecular flexibility index (Phi) is 7.00. The van der Waals surface area contributed by atoms with Gasteiger partial charge in [0.2, 0.25) is 11.7 Å². The first-order chi connectivity index (χ1) is 14.5. The molecule has 0 radical (unpaired) electrons. The fraction of sp³-hybridized carbons (Fsp3) is 0.174. The maximum Gasteiger partial charge on any atom is 0.374 e. The fourth-order valence-electron chi connectivity index (χ4n) is 2.56. The lowest BCUT2D eigenvalue weighted by molar-refractivity contribution is -0.119. The van der Waals surface area contributed by atoms with Gasteiger partial charge in [-0.25, -0.2) is 4.79 Å². The number of amides is 1. The van der Waals surface area contributed by atoms with Crippen LogP contribution in [0.5, 0.6) is 5.75 Å². The number of esters is 1. The van der Waals surface area contributed by atoms with E-state index in [0.29, 0.717) is 23.6 Å². The molecule has 0 atom stereocenters. The average Bonchev–Trinajstić information content (AvgIpc) is 3.24. The molecule has 1 N–H and O–H groups in total. The van der Waals surface area contributed by atoms with Gasteiger partial charge in [0.1, 0.15) is 18.1 Å². The lowest BCUT2D eigenvalue weighted by atomic mass is 10.1. The van der Waals surface area contributed by atoms with Gasteiger partial charge in [0.15, 0.2) is 12.4 Å². The largest absolute Gasteiger partial charge is 0.486 e. The van der Waals surface area contributed by atoms with Crippen LogP contribution in [0.15, 0.2) is 71.1 Å². The van der Waals surface area contributed by atoms with E-state index in [9.17, 15) is 14.4 Å². The van der Waals surface area contributed by atoms with Crippen LogP contribution in [0, 0.1) is 0 Å². The van der Waals surface area contributed by atoms with E-state index in [0.717, 1.165) is 5.56 Å². The molecule has 154 valence electrons. The Morgan fingerprint density at radius 1 is 0.933 bits per heavy atom. The molecule has 0 aliphatic heterocycles. The molecule has 0 saturated heterocycles. The van der Waals surface area contributed by atoms with Gasteiger partial charge in [-0.15, -0.1) is 0 Å². The number of ether oxygens (including phenoxy) is 2. The van der Waals surface area contributed by atoms with Crippen LogP contribution < -0.4 is 10.1 Å². The second-order valence-corrected chi connectivity index (χ2v) is 6.47. The molecule has 3 aromatic rings. The summed E-state index contributed by atoms with van der Waals surface area (Å²) in [7, 11) is 0. The zero-order valence-corrected chi connectivity index (χ0v) is 16.4. The van der Waals surface area contributed by atoms with E-state index in [-0.39, 0.29) is 24.1 Å². The number of Topliss-reactive ketones (excluding diaryl/α,β-unsaturated/α-hetero) is 1.